The van der Waals surface area contributed by atoms with Gasteiger partial charge in [-0.3, -0.25) is 9.59 Å². The number of carbonyl (C=O) groups is 2. The number of likely N-dealkylation sites (tertiary alicyclic amines) is 1. The van der Waals surface area contributed by atoms with Gasteiger partial charge in [0.2, 0.25) is 5.91 Å². The zero-order valence-corrected chi connectivity index (χ0v) is 15.8. The molecule has 1 aliphatic rings. The largest absolute Gasteiger partial charge is 0.376 e. The fourth-order valence-corrected chi connectivity index (χ4v) is 3.25. The molecule has 1 heterocycles. The summed E-state index contributed by atoms with van der Waals surface area (Å²) in [5.41, 5.74) is 3.35. The molecule has 0 saturated carbocycles. The van der Waals surface area contributed by atoms with E-state index in [4.69, 9.17) is 0 Å². The second-order valence-corrected chi connectivity index (χ2v) is 7.05. The summed E-state index contributed by atoms with van der Waals surface area (Å²) >= 11 is 0. The number of benzene rings is 2. The van der Waals surface area contributed by atoms with Gasteiger partial charge in [0.25, 0.3) is 5.91 Å². The number of nitrogens with zero attached hydrogens (tertiary/aromatic N) is 1. The minimum absolute atomic E-state index is 0.0470. The molecule has 1 aliphatic heterocycles. The zero-order valence-electron chi connectivity index (χ0n) is 15.8. The maximum absolute atomic E-state index is 12.7. The number of nitrogens with one attached hydrogen (secondary N) is 2. The van der Waals surface area contributed by atoms with E-state index in [1.807, 2.05) is 54.3 Å². The lowest BCUT2D eigenvalue weighted by atomic mass is 10.1. The Hall–Kier alpha value is -2.82. The molecule has 5 nitrogen and oxygen atoms in total. The molecule has 2 aromatic rings. The van der Waals surface area contributed by atoms with E-state index in [2.05, 4.69) is 10.6 Å². The molecule has 0 bridgehead atoms. The molecular formula is C22H27N3O2. The number of hydrogen-bond donors (Lipinski definition) is 2. The first-order chi connectivity index (χ1) is 13.1. The molecule has 5 heteroatoms. The maximum atomic E-state index is 12.7. The Labute approximate surface area is 160 Å². The van der Waals surface area contributed by atoms with Gasteiger partial charge in [0.15, 0.2) is 0 Å². The van der Waals surface area contributed by atoms with Gasteiger partial charge in [-0.1, -0.05) is 36.6 Å². The lowest BCUT2D eigenvalue weighted by molar-refractivity contribution is -0.114. The van der Waals surface area contributed by atoms with Gasteiger partial charge in [0.1, 0.15) is 0 Å². The van der Waals surface area contributed by atoms with Gasteiger partial charge < -0.3 is 15.5 Å². The highest BCUT2D eigenvalue weighted by molar-refractivity contribution is 5.98. The molecule has 142 valence electrons. The van der Waals surface area contributed by atoms with Crippen molar-refractivity contribution in [2.24, 2.45) is 0 Å². The summed E-state index contributed by atoms with van der Waals surface area (Å²) in [5.74, 6) is -0.0966. The third-order valence-corrected chi connectivity index (χ3v) is 4.79. The topological polar surface area (TPSA) is 61.4 Å². The number of aryl methyl sites for hydroxylation is 1. The highest BCUT2D eigenvalue weighted by Gasteiger charge is 2.17. The predicted octanol–water partition coefficient (Wildman–Crippen LogP) is 4.06. The van der Waals surface area contributed by atoms with Crippen molar-refractivity contribution in [2.45, 2.75) is 32.6 Å². The molecule has 2 N–H and O–H groups in total. The Kier molecular flexibility index (Phi) is 6.47. The van der Waals surface area contributed by atoms with Crippen molar-refractivity contribution in [3.63, 3.8) is 0 Å². The van der Waals surface area contributed by atoms with Crippen molar-refractivity contribution >= 4 is 23.2 Å². The number of carbonyl (C=O) groups excluding carboxylic acids is 2. The predicted molar refractivity (Wildman–Crippen MR) is 109 cm³/mol. The number of amides is 2. The Balaban J connectivity index is 1.57. The van der Waals surface area contributed by atoms with Gasteiger partial charge in [0, 0.05) is 30.0 Å². The molecule has 0 unspecified atom stereocenters. The highest BCUT2D eigenvalue weighted by Crippen LogP contribution is 2.16. The molecule has 0 radical (unpaired) electrons. The van der Waals surface area contributed by atoms with Gasteiger partial charge in [0.05, 0.1) is 6.54 Å². The molecule has 2 aromatic carbocycles. The van der Waals surface area contributed by atoms with E-state index in [1.165, 1.54) is 18.4 Å². The maximum Gasteiger partial charge on any atom is 0.253 e. The standard InChI is InChI=1S/C22H27N3O2/c1-17-9-11-19(12-10-17)23-16-21(26)24-20-8-6-7-18(15-20)22(27)25-13-4-2-3-5-14-25/h6-12,15,23H,2-5,13-14,16H2,1H3,(H,24,26). The second-order valence-electron chi connectivity index (χ2n) is 7.05. The number of anilines is 2. The number of hydrogen-bond acceptors (Lipinski definition) is 3. The molecule has 1 fully saturated rings. The molecule has 1 saturated heterocycles. The average Bonchev–Trinajstić information content (AvgIpc) is 2.97. The summed E-state index contributed by atoms with van der Waals surface area (Å²) in [6.07, 6.45) is 4.50. The van der Waals surface area contributed by atoms with Crippen molar-refractivity contribution in [3.05, 3.63) is 59.7 Å². The SMILES string of the molecule is Cc1ccc(NCC(=O)Nc2cccc(C(=O)N3CCCCCC3)c2)cc1. The van der Waals surface area contributed by atoms with Crippen LogP contribution in [-0.4, -0.2) is 36.3 Å². The van der Waals surface area contributed by atoms with Crippen LogP contribution in [0.25, 0.3) is 0 Å². The van der Waals surface area contributed by atoms with Crippen LogP contribution >= 0.6 is 0 Å². The highest BCUT2D eigenvalue weighted by atomic mass is 16.2. The van der Waals surface area contributed by atoms with Crippen molar-refractivity contribution in [2.75, 3.05) is 30.3 Å². The van der Waals surface area contributed by atoms with Gasteiger partial charge in [-0.2, -0.15) is 0 Å². The monoisotopic (exact) mass is 365 g/mol. The third-order valence-electron chi connectivity index (χ3n) is 4.79. The Bertz CT molecular complexity index is 778. The van der Waals surface area contributed by atoms with E-state index < -0.39 is 0 Å². The average molecular weight is 365 g/mol. The fourth-order valence-electron chi connectivity index (χ4n) is 3.25. The molecule has 0 aliphatic carbocycles. The van der Waals surface area contributed by atoms with Gasteiger partial charge in [-0.15, -0.1) is 0 Å². The first-order valence-electron chi connectivity index (χ1n) is 9.61. The van der Waals surface area contributed by atoms with Crippen LogP contribution in [0, 0.1) is 6.92 Å². The minimum atomic E-state index is -0.144. The van der Waals surface area contributed by atoms with E-state index in [0.717, 1.165) is 31.6 Å². The van der Waals surface area contributed by atoms with E-state index in [-0.39, 0.29) is 18.4 Å². The fraction of sp³-hybridized carbons (Fsp3) is 0.364. The van der Waals surface area contributed by atoms with E-state index in [1.54, 1.807) is 6.07 Å². The van der Waals surface area contributed by atoms with Crippen molar-refractivity contribution in [3.8, 4) is 0 Å². The van der Waals surface area contributed by atoms with Crippen LogP contribution in [0.2, 0.25) is 0 Å². The molecule has 0 aromatic heterocycles. The molecule has 27 heavy (non-hydrogen) atoms. The van der Waals surface area contributed by atoms with E-state index in [9.17, 15) is 9.59 Å². The molecule has 0 spiro atoms. The lowest BCUT2D eigenvalue weighted by Crippen LogP contribution is -2.31. The van der Waals surface area contributed by atoms with Crippen LogP contribution in [-0.2, 0) is 4.79 Å². The zero-order chi connectivity index (χ0) is 19.1. The van der Waals surface area contributed by atoms with Crippen LogP contribution in [0.1, 0.15) is 41.6 Å². The number of rotatable bonds is 5. The normalized spacial score (nSPS) is 14.3. The van der Waals surface area contributed by atoms with E-state index in [0.29, 0.717) is 11.3 Å². The summed E-state index contributed by atoms with van der Waals surface area (Å²) in [6, 6.07) is 15.1. The smallest absolute Gasteiger partial charge is 0.253 e. The second kappa shape index (κ2) is 9.21. The Morgan fingerprint density at radius 2 is 1.63 bits per heavy atom. The summed E-state index contributed by atoms with van der Waals surface area (Å²) in [7, 11) is 0. The quantitative estimate of drug-likeness (QED) is 0.840. The van der Waals surface area contributed by atoms with Gasteiger partial charge in [-0.25, -0.2) is 0 Å². The lowest BCUT2D eigenvalue weighted by Gasteiger charge is -2.20. The molecular weight excluding hydrogens is 338 g/mol. The van der Waals surface area contributed by atoms with Crippen LogP contribution in [0.4, 0.5) is 11.4 Å². The van der Waals surface area contributed by atoms with Crippen molar-refractivity contribution in [1.82, 2.24) is 4.90 Å². The molecule has 2 amide bonds. The van der Waals surface area contributed by atoms with Crippen LogP contribution in [0.5, 0.6) is 0 Å². The van der Waals surface area contributed by atoms with Gasteiger partial charge >= 0.3 is 0 Å². The molecule has 0 atom stereocenters. The van der Waals surface area contributed by atoms with Crippen LogP contribution in [0.15, 0.2) is 48.5 Å². The Morgan fingerprint density at radius 1 is 0.926 bits per heavy atom. The first-order valence-corrected chi connectivity index (χ1v) is 9.61. The first kappa shape index (κ1) is 19.0. The summed E-state index contributed by atoms with van der Waals surface area (Å²) in [6.45, 7) is 3.83. The van der Waals surface area contributed by atoms with Crippen LogP contribution in [0.3, 0.4) is 0 Å². The summed E-state index contributed by atoms with van der Waals surface area (Å²) in [4.78, 5) is 26.9. The minimum Gasteiger partial charge on any atom is -0.376 e. The van der Waals surface area contributed by atoms with Gasteiger partial charge in [-0.05, 0) is 50.1 Å². The van der Waals surface area contributed by atoms with E-state index >= 15 is 0 Å². The Morgan fingerprint density at radius 3 is 2.33 bits per heavy atom. The summed E-state index contributed by atoms with van der Waals surface area (Å²) in [5, 5.41) is 5.96. The molecule has 3 rings (SSSR count). The van der Waals surface area contributed by atoms with Crippen molar-refractivity contribution < 1.29 is 9.59 Å². The third kappa shape index (κ3) is 5.58. The van der Waals surface area contributed by atoms with Crippen molar-refractivity contribution in [1.29, 1.82) is 0 Å². The van der Waals surface area contributed by atoms with Crippen LogP contribution < -0.4 is 10.6 Å². The summed E-state index contributed by atoms with van der Waals surface area (Å²) < 4.78 is 0.